The van der Waals surface area contributed by atoms with Gasteiger partial charge in [0.25, 0.3) is 0 Å². The number of rotatable bonds is 6. The molecular weight excluding hydrogens is 480 g/mol. The van der Waals surface area contributed by atoms with Crippen LogP contribution in [0.15, 0.2) is 72.0 Å². The van der Waals surface area contributed by atoms with Crippen molar-refractivity contribution in [1.29, 1.82) is 0 Å². The Balaban J connectivity index is 1.47. The number of alkyl halides is 1. The van der Waals surface area contributed by atoms with E-state index in [1.807, 2.05) is 6.92 Å². The largest absolute Gasteiger partial charge is 0.384 e. The van der Waals surface area contributed by atoms with Crippen molar-refractivity contribution in [2.45, 2.75) is 18.8 Å². The number of carbonyl (C=O) groups excluding carboxylic acids is 1. The van der Waals surface area contributed by atoms with E-state index in [2.05, 4.69) is 25.3 Å². The normalized spacial score (nSPS) is 11.9. The van der Waals surface area contributed by atoms with Crippen LogP contribution in [0.1, 0.15) is 17.9 Å². The van der Waals surface area contributed by atoms with Gasteiger partial charge >= 0.3 is 0 Å². The molecule has 5 aromatic heterocycles. The molecular formula is C25H21ClN8O2. The fraction of sp³-hybridized carbons (Fsp3) is 0.120. The van der Waals surface area contributed by atoms with E-state index in [9.17, 15) is 9.59 Å². The van der Waals surface area contributed by atoms with Gasteiger partial charge < -0.3 is 20.6 Å². The Morgan fingerprint density at radius 1 is 1.11 bits per heavy atom. The number of nitrogens with two attached hydrogens (primary N) is 1. The van der Waals surface area contributed by atoms with Crippen LogP contribution in [0.3, 0.4) is 0 Å². The number of H-pyrrole nitrogens is 1. The third-order valence-corrected chi connectivity index (χ3v) is 6.14. The smallest absolute Gasteiger partial charge is 0.248 e. The van der Waals surface area contributed by atoms with E-state index in [0.29, 0.717) is 51.7 Å². The van der Waals surface area contributed by atoms with Crippen LogP contribution in [0, 0.1) is 0 Å². The van der Waals surface area contributed by atoms with E-state index in [1.54, 1.807) is 65.6 Å². The highest BCUT2D eigenvalue weighted by Crippen LogP contribution is 2.27. The van der Waals surface area contributed by atoms with Gasteiger partial charge in [-0.15, -0.1) is 11.6 Å². The average molecular weight is 501 g/mol. The van der Waals surface area contributed by atoms with Crippen molar-refractivity contribution >= 4 is 40.2 Å². The van der Waals surface area contributed by atoms with Crippen molar-refractivity contribution in [3.8, 4) is 22.8 Å². The topological polar surface area (TPSA) is 144 Å². The number of halogens is 1. The summed E-state index contributed by atoms with van der Waals surface area (Å²) in [7, 11) is 0. The Morgan fingerprint density at radius 3 is 2.61 bits per heavy atom. The van der Waals surface area contributed by atoms with Crippen molar-refractivity contribution in [2.75, 3.05) is 11.1 Å². The average Bonchev–Trinajstić information content (AvgIpc) is 3.43. The van der Waals surface area contributed by atoms with E-state index in [1.165, 1.54) is 6.20 Å². The van der Waals surface area contributed by atoms with Gasteiger partial charge in [-0.1, -0.05) is 12.1 Å². The van der Waals surface area contributed by atoms with Gasteiger partial charge in [-0.3, -0.25) is 14.6 Å². The summed E-state index contributed by atoms with van der Waals surface area (Å²) in [5, 5.41) is 2.14. The number of pyridine rings is 4. The first kappa shape index (κ1) is 23.2. The standard InChI is InChI=1S/C25H21ClN8O2/c1-2-34-22(27)19(23-29-11-12-30-23)21(35)15-7-9-17(32-24(15)34)16-8-6-14(13-31-16)20(26)25(36)33-18-5-3-4-10-28-18/h3-13,20H,2,27H2,1H3,(H,29,30)(H,28,33,36). The summed E-state index contributed by atoms with van der Waals surface area (Å²) in [4.78, 5) is 46.0. The van der Waals surface area contributed by atoms with Crippen LogP contribution in [-0.2, 0) is 11.3 Å². The first-order chi connectivity index (χ1) is 17.5. The van der Waals surface area contributed by atoms with Gasteiger partial charge in [-0.2, -0.15) is 0 Å². The molecule has 0 fully saturated rings. The fourth-order valence-electron chi connectivity index (χ4n) is 3.91. The maximum Gasteiger partial charge on any atom is 0.248 e. The Bertz CT molecular complexity index is 1600. The second kappa shape index (κ2) is 9.59. The fourth-order valence-corrected chi connectivity index (χ4v) is 4.09. The van der Waals surface area contributed by atoms with E-state index in [-0.39, 0.29) is 11.2 Å². The zero-order chi connectivity index (χ0) is 25.2. The first-order valence-electron chi connectivity index (χ1n) is 11.1. The number of imidazole rings is 1. The second-order valence-corrected chi connectivity index (χ2v) is 8.32. The van der Waals surface area contributed by atoms with E-state index < -0.39 is 11.3 Å². The van der Waals surface area contributed by atoms with E-state index in [4.69, 9.17) is 22.3 Å². The SMILES string of the molecule is CCn1c(N)c(-c2ncc[nH]2)c(=O)c2ccc(-c3ccc(C(Cl)C(=O)Nc4ccccn4)cn3)nc21. The number of aryl methyl sites for hydroxylation is 1. The molecule has 0 aromatic carbocycles. The predicted octanol–water partition coefficient (Wildman–Crippen LogP) is 3.76. The third-order valence-electron chi connectivity index (χ3n) is 5.69. The number of carbonyl (C=O) groups is 1. The van der Waals surface area contributed by atoms with Crippen molar-refractivity contribution in [3.05, 3.63) is 83.0 Å². The van der Waals surface area contributed by atoms with Gasteiger partial charge in [0.2, 0.25) is 11.3 Å². The van der Waals surface area contributed by atoms with Crippen molar-refractivity contribution in [2.24, 2.45) is 0 Å². The monoisotopic (exact) mass is 500 g/mol. The molecule has 0 aliphatic heterocycles. The van der Waals surface area contributed by atoms with Crippen LogP contribution in [0.5, 0.6) is 0 Å². The molecule has 0 radical (unpaired) electrons. The summed E-state index contributed by atoms with van der Waals surface area (Å²) in [6.07, 6.45) is 6.31. The molecule has 0 bridgehead atoms. The minimum absolute atomic E-state index is 0.256. The maximum absolute atomic E-state index is 13.2. The highest BCUT2D eigenvalue weighted by Gasteiger charge is 2.21. The number of hydrogen-bond donors (Lipinski definition) is 3. The number of hydrogen-bond acceptors (Lipinski definition) is 7. The zero-order valence-electron chi connectivity index (χ0n) is 19.1. The van der Waals surface area contributed by atoms with Crippen LogP contribution >= 0.6 is 11.6 Å². The molecule has 1 amide bonds. The lowest BCUT2D eigenvalue weighted by Crippen LogP contribution is -2.18. The van der Waals surface area contributed by atoms with Crippen molar-refractivity contribution in [1.82, 2.24) is 29.5 Å². The van der Waals surface area contributed by atoms with Gasteiger partial charge in [-0.25, -0.2) is 15.0 Å². The van der Waals surface area contributed by atoms with Crippen LogP contribution in [-0.4, -0.2) is 35.4 Å². The molecule has 11 heteroatoms. The minimum Gasteiger partial charge on any atom is -0.384 e. The summed E-state index contributed by atoms with van der Waals surface area (Å²) < 4.78 is 1.77. The van der Waals surface area contributed by atoms with Gasteiger partial charge in [0.15, 0.2) is 0 Å². The second-order valence-electron chi connectivity index (χ2n) is 7.88. The molecule has 36 heavy (non-hydrogen) atoms. The molecule has 0 saturated carbocycles. The zero-order valence-corrected chi connectivity index (χ0v) is 19.9. The molecule has 10 nitrogen and oxygen atoms in total. The lowest BCUT2D eigenvalue weighted by atomic mass is 10.1. The van der Waals surface area contributed by atoms with E-state index >= 15 is 0 Å². The van der Waals surface area contributed by atoms with Crippen LogP contribution in [0.4, 0.5) is 11.6 Å². The molecule has 180 valence electrons. The highest BCUT2D eigenvalue weighted by molar-refractivity contribution is 6.32. The van der Waals surface area contributed by atoms with Crippen molar-refractivity contribution < 1.29 is 4.79 Å². The Labute approximate surface area is 210 Å². The number of nitrogens with zero attached hydrogens (tertiary/aromatic N) is 5. The van der Waals surface area contributed by atoms with Crippen LogP contribution in [0.25, 0.3) is 33.8 Å². The van der Waals surface area contributed by atoms with Gasteiger partial charge in [0.05, 0.1) is 16.8 Å². The summed E-state index contributed by atoms with van der Waals surface area (Å²) in [6, 6.07) is 12.1. The summed E-state index contributed by atoms with van der Waals surface area (Å²) in [5.74, 6) is 0.686. The maximum atomic E-state index is 13.2. The summed E-state index contributed by atoms with van der Waals surface area (Å²) in [5.41, 5.74) is 8.49. The number of nitrogens with one attached hydrogen (secondary N) is 2. The minimum atomic E-state index is -0.955. The molecule has 0 saturated heterocycles. The van der Waals surface area contributed by atoms with Crippen molar-refractivity contribution in [3.63, 3.8) is 0 Å². The lowest BCUT2D eigenvalue weighted by Gasteiger charge is -2.15. The molecule has 5 aromatic rings. The summed E-state index contributed by atoms with van der Waals surface area (Å²) >= 11 is 6.36. The molecule has 0 aliphatic carbocycles. The molecule has 4 N–H and O–H groups in total. The Hall–Kier alpha value is -4.57. The number of anilines is 2. The number of amides is 1. The van der Waals surface area contributed by atoms with Gasteiger partial charge in [0.1, 0.15) is 34.0 Å². The molecule has 5 heterocycles. The highest BCUT2D eigenvalue weighted by atomic mass is 35.5. The predicted molar refractivity (Wildman–Crippen MR) is 138 cm³/mol. The molecule has 0 aliphatic rings. The molecule has 5 rings (SSSR count). The third kappa shape index (κ3) is 4.18. The quantitative estimate of drug-likeness (QED) is 0.301. The van der Waals surface area contributed by atoms with Gasteiger partial charge in [0, 0.05) is 31.3 Å². The number of nitrogen functional groups attached to an aromatic ring is 1. The lowest BCUT2D eigenvalue weighted by molar-refractivity contribution is -0.116. The number of aromatic amines is 1. The van der Waals surface area contributed by atoms with Gasteiger partial charge in [-0.05, 0) is 42.8 Å². The Kier molecular flexibility index (Phi) is 6.17. The molecule has 1 atom stereocenters. The van der Waals surface area contributed by atoms with Crippen LogP contribution in [0.2, 0.25) is 0 Å². The molecule has 0 spiro atoms. The first-order valence-corrected chi connectivity index (χ1v) is 11.6. The van der Waals surface area contributed by atoms with Crippen LogP contribution < -0.4 is 16.5 Å². The van der Waals surface area contributed by atoms with E-state index in [0.717, 1.165) is 0 Å². The molecule has 1 unspecified atom stereocenters. The Morgan fingerprint density at radius 2 is 1.94 bits per heavy atom. The number of aromatic nitrogens is 6. The number of fused-ring (bicyclic) bond motifs is 1. The summed E-state index contributed by atoms with van der Waals surface area (Å²) in [6.45, 7) is 2.42.